The molecule has 2 aliphatic rings. The van der Waals surface area contributed by atoms with Gasteiger partial charge in [-0.1, -0.05) is 0 Å². The van der Waals surface area contributed by atoms with E-state index < -0.39 is 12.4 Å². The molecule has 6 nitrogen and oxygen atoms in total. The van der Waals surface area contributed by atoms with E-state index in [1.165, 1.54) is 5.01 Å². The molecule has 2 atom stereocenters. The van der Waals surface area contributed by atoms with Gasteiger partial charge in [0.05, 0.1) is 0 Å². The van der Waals surface area contributed by atoms with Crippen molar-refractivity contribution < 1.29 is 19.4 Å². The summed E-state index contributed by atoms with van der Waals surface area (Å²) >= 11 is 4.20. The zero-order valence-electron chi connectivity index (χ0n) is 10.1. The standard InChI is InChI=1S/C11H18N2O4S/c14-10-8(7-18)3-1-5-12-6-2-4-9(13(10)12)17-11(15)16/h8-9,18H,1-7H2,(H,15,16). The van der Waals surface area contributed by atoms with Gasteiger partial charge in [0.15, 0.2) is 6.23 Å². The minimum absolute atomic E-state index is 0.0616. The van der Waals surface area contributed by atoms with Crippen molar-refractivity contribution in [3.05, 3.63) is 0 Å². The number of hydrogen-bond donors (Lipinski definition) is 2. The first kappa shape index (κ1) is 13.5. The Hall–Kier alpha value is -0.950. The Morgan fingerprint density at radius 1 is 1.39 bits per heavy atom. The van der Waals surface area contributed by atoms with Crippen molar-refractivity contribution in [2.75, 3.05) is 18.8 Å². The largest absolute Gasteiger partial charge is 0.507 e. The summed E-state index contributed by atoms with van der Waals surface area (Å²) in [6.45, 7) is 1.56. The second-order valence-electron chi connectivity index (χ2n) is 4.64. The summed E-state index contributed by atoms with van der Waals surface area (Å²) in [5.41, 5.74) is 0. The van der Waals surface area contributed by atoms with Crippen LogP contribution in [0.25, 0.3) is 0 Å². The third-order valence-corrected chi connectivity index (χ3v) is 3.89. The van der Waals surface area contributed by atoms with Crippen LogP contribution < -0.4 is 0 Å². The first-order chi connectivity index (χ1) is 8.63. The molecule has 0 aromatic heterocycles. The molecule has 0 aliphatic carbocycles. The van der Waals surface area contributed by atoms with E-state index in [1.54, 1.807) is 0 Å². The molecule has 0 bridgehead atoms. The minimum Gasteiger partial charge on any atom is -0.450 e. The van der Waals surface area contributed by atoms with Crippen LogP contribution in [-0.4, -0.2) is 52.3 Å². The summed E-state index contributed by atoms with van der Waals surface area (Å²) < 4.78 is 4.83. The number of hydrazine groups is 1. The number of carbonyl (C=O) groups is 2. The number of carbonyl (C=O) groups excluding carboxylic acids is 1. The molecule has 2 rings (SSSR count). The van der Waals surface area contributed by atoms with Crippen molar-refractivity contribution in [2.45, 2.75) is 31.9 Å². The predicted molar refractivity (Wildman–Crippen MR) is 67.1 cm³/mol. The van der Waals surface area contributed by atoms with Gasteiger partial charge in [-0.05, 0) is 19.3 Å². The van der Waals surface area contributed by atoms with Crippen molar-refractivity contribution in [1.82, 2.24) is 10.0 Å². The monoisotopic (exact) mass is 274 g/mol. The highest BCUT2D eigenvalue weighted by atomic mass is 32.1. The highest BCUT2D eigenvalue weighted by molar-refractivity contribution is 7.80. The zero-order valence-corrected chi connectivity index (χ0v) is 11.0. The molecule has 1 amide bonds. The smallest absolute Gasteiger partial charge is 0.450 e. The third kappa shape index (κ3) is 2.72. The first-order valence-electron chi connectivity index (χ1n) is 6.22. The molecule has 0 aromatic carbocycles. The summed E-state index contributed by atoms with van der Waals surface area (Å²) in [7, 11) is 0. The number of nitrogens with zero attached hydrogens (tertiary/aromatic N) is 2. The maximum atomic E-state index is 12.4. The van der Waals surface area contributed by atoms with Gasteiger partial charge in [-0.2, -0.15) is 12.6 Å². The SMILES string of the molecule is O=C(O)OC1CCCN2CCCC(CS)C(=O)N12. The molecule has 2 saturated heterocycles. The highest BCUT2D eigenvalue weighted by Gasteiger charge is 2.39. The predicted octanol–water partition coefficient (Wildman–Crippen LogP) is 1.19. The van der Waals surface area contributed by atoms with Gasteiger partial charge in [0.25, 0.3) is 0 Å². The summed E-state index contributed by atoms with van der Waals surface area (Å²) in [4.78, 5) is 23.1. The molecular weight excluding hydrogens is 256 g/mol. The highest BCUT2D eigenvalue weighted by Crippen LogP contribution is 2.27. The van der Waals surface area contributed by atoms with Crippen LogP contribution in [0.2, 0.25) is 0 Å². The second kappa shape index (κ2) is 5.79. The van der Waals surface area contributed by atoms with Crippen LogP contribution in [-0.2, 0) is 9.53 Å². The van der Waals surface area contributed by atoms with Crippen molar-refractivity contribution in [3.8, 4) is 0 Å². The molecule has 2 fully saturated rings. The fourth-order valence-corrected chi connectivity index (χ4v) is 2.93. The lowest BCUT2D eigenvalue weighted by atomic mass is 10.1. The van der Waals surface area contributed by atoms with Crippen LogP contribution >= 0.6 is 12.6 Å². The van der Waals surface area contributed by atoms with Crippen LogP contribution in [0.3, 0.4) is 0 Å². The van der Waals surface area contributed by atoms with E-state index in [0.717, 1.165) is 32.4 Å². The number of fused-ring (bicyclic) bond motifs is 1. The van der Waals surface area contributed by atoms with Gasteiger partial charge in [-0.15, -0.1) is 0 Å². The average Bonchev–Trinajstić information content (AvgIpc) is 2.48. The number of amides is 1. The number of rotatable bonds is 2. The summed E-state index contributed by atoms with van der Waals surface area (Å²) in [6, 6.07) is 0. The van der Waals surface area contributed by atoms with E-state index in [4.69, 9.17) is 9.84 Å². The Labute approximate surface area is 111 Å². The van der Waals surface area contributed by atoms with Crippen molar-refractivity contribution in [1.29, 1.82) is 0 Å². The van der Waals surface area contributed by atoms with Crippen LogP contribution in [0.5, 0.6) is 0 Å². The summed E-state index contributed by atoms with van der Waals surface area (Å²) in [6.07, 6.45) is 1.12. The summed E-state index contributed by atoms with van der Waals surface area (Å²) in [5, 5.41) is 12.2. The lowest BCUT2D eigenvalue weighted by Crippen LogP contribution is -2.57. The Morgan fingerprint density at radius 2 is 2.06 bits per heavy atom. The maximum Gasteiger partial charge on any atom is 0.507 e. The second-order valence-corrected chi connectivity index (χ2v) is 5.00. The van der Waals surface area contributed by atoms with Gasteiger partial charge in [0.2, 0.25) is 5.91 Å². The van der Waals surface area contributed by atoms with Crippen molar-refractivity contribution in [2.24, 2.45) is 5.92 Å². The van der Waals surface area contributed by atoms with E-state index in [9.17, 15) is 9.59 Å². The molecule has 2 aliphatic heterocycles. The van der Waals surface area contributed by atoms with Crippen LogP contribution in [0, 0.1) is 5.92 Å². The Kier molecular flexibility index (Phi) is 4.34. The third-order valence-electron chi connectivity index (χ3n) is 3.45. The molecule has 7 heteroatoms. The Morgan fingerprint density at radius 3 is 2.67 bits per heavy atom. The maximum absolute atomic E-state index is 12.4. The molecule has 0 saturated carbocycles. The fourth-order valence-electron chi connectivity index (χ4n) is 2.59. The topological polar surface area (TPSA) is 70.1 Å². The van der Waals surface area contributed by atoms with Gasteiger partial charge in [0.1, 0.15) is 0 Å². The first-order valence-corrected chi connectivity index (χ1v) is 6.85. The quantitative estimate of drug-likeness (QED) is 0.584. The van der Waals surface area contributed by atoms with Gasteiger partial charge >= 0.3 is 6.16 Å². The zero-order chi connectivity index (χ0) is 13.1. The molecular formula is C11H18N2O4S. The van der Waals surface area contributed by atoms with Crippen LogP contribution in [0.4, 0.5) is 4.79 Å². The van der Waals surface area contributed by atoms with E-state index in [-0.39, 0.29) is 11.8 Å². The molecule has 0 spiro atoms. The number of hydrogen-bond acceptors (Lipinski definition) is 5. The lowest BCUT2D eigenvalue weighted by Gasteiger charge is -2.42. The van der Waals surface area contributed by atoms with Crippen LogP contribution in [0.1, 0.15) is 25.7 Å². The van der Waals surface area contributed by atoms with Gasteiger partial charge in [0, 0.05) is 31.2 Å². The molecule has 0 radical (unpaired) electrons. The van der Waals surface area contributed by atoms with Crippen molar-refractivity contribution in [3.63, 3.8) is 0 Å². The molecule has 2 unspecified atom stereocenters. The molecule has 1 N–H and O–H groups in total. The van der Waals surface area contributed by atoms with Gasteiger partial charge in [-0.25, -0.2) is 14.8 Å². The average molecular weight is 274 g/mol. The minimum atomic E-state index is -1.33. The molecule has 0 aromatic rings. The Bertz CT molecular complexity index is 339. The van der Waals surface area contributed by atoms with E-state index in [2.05, 4.69) is 12.6 Å². The fraction of sp³-hybridized carbons (Fsp3) is 0.818. The van der Waals surface area contributed by atoms with Gasteiger partial charge < -0.3 is 9.84 Å². The van der Waals surface area contributed by atoms with E-state index in [1.807, 2.05) is 5.01 Å². The number of thiol groups is 1. The van der Waals surface area contributed by atoms with Gasteiger partial charge in [-0.3, -0.25) is 4.79 Å². The molecule has 18 heavy (non-hydrogen) atoms. The Balaban J connectivity index is 2.18. The van der Waals surface area contributed by atoms with E-state index >= 15 is 0 Å². The molecule has 102 valence electrons. The molecule has 2 heterocycles. The number of ether oxygens (including phenoxy) is 1. The number of carboxylic acid groups (broad SMARTS) is 1. The van der Waals surface area contributed by atoms with E-state index in [0.29, 0.717) is 12.2 Å². The van der Waals surface area contributed by atoms with Crippen molar-refractivity contribution >= 4 is 24.7 Å². The lowest BCUT2D eigenvalue weighted by molar-refractivity contribution is -0.190. The van der Waals surface area contributed by atoms with Crippen LogP contribution in [0.15, 0.2) is 0 Å². The normalized spacial score (nSPS) is 29.6. The summed E-state index contributed by atoms with van der Waals surface area (Å²) in [5.74, 6) is 0.285.